The Morgan fingerprint density at radius 2 is 2.00 bits per heavy atom. The highest BCUT2D eigenvalue weighted by atomic mass is 16.4. The molecule has 0 aromatic carbocycles. The Bertz CT molecular complexity index is 457. The van der Waals surface area contributed by atoms with Crippen LogP contribution in [0.2, 0.25) is 0 Å². The monoisotopic (exact) mass is 266 g/mol. The minimum atomic E-state index is -0.903. The molecule has 0 aliphatic rings. The molecule has 1 heterocycles. The number of hydrogen-bond donors (Lipinski definition) is 3. The van der Waals surface area contributed by atoms with Crippen LogP contribution in [0.3, 0.4) is 0 Å². The summed E-state index contributed by atoms with van der Waals surface area (Å²) in [4.78, 5) is 22.4. The van der Waals surface area contributed by atoms with E-state index >= 15 is 0 Å². The number of aliphatic carboxylic acids is 1. The largest absolute Gasteiger partial charge is 0.481 e. The third-order valence-electron chi connectivity index (χ3n) is 2.52. The molecule has 0 bridgehead atoms. The van der Waals surface area contributed by atoms with Crippen molar-refractivity contribution in [3.8, 4) is 0 Å². The molecule has 0 aliphatic carbocycles. The molecule has 1 rings (SSSR count). The maximum absolute atomic E-state index is 11.5. The summed E-state index contributed by atoms with van der Waals surface area (Å²) < 4.78 is 0. The van der Waals surface area contributed by atoms with E-state index < -0.39 is 11.4 Å². The summed E-state index contributed by atoms with van der Waals surface area (Å²) in [5.74, 6) is -0.748. The second-order valence-electron chi connectivity index (χ2n) is 4.71. The van der Waals surface area contributed by atoms with E-state index in [2.05, 4.69) is 20.8 Å². The van der Waals surface area contributed by atoms with Crippen molar-refractivity contribution in [3.05, 3.63) is 17.8 Å². The van der Waals surface area contributed by atoms with Crippen LogP contribution in [0.25, 0.3) is 0 Å². The molecule has 1 amide bonds. The highest BCUT2D eigenvalue weighted by molar-refractivity contribution is 5.92. The van der Waals surface area contributed by atoms with Gasteiger partial charge in [-0.3, -0.25) is 9.59 Å². The first-order chi connectivity index (χ1) is 8.86. The quantitative estimate of drug-likeness (QED) is 0.702. The van der Waals surface area contributed by atoms with E-state index in [0.29, 0.717) is 12.4 Å². The fraction of sp³-hybridized carbons (Fsp3) is 0.500. The topological polar surface area (TPSA) is 104 Å². The second-order valence-corrected chi connectivity index (χ2v) is 4.71. The van der Waals surface area contributed by atoms with Gasteiger partial charge in [-0.15, -0.1) is 10.2 Å². The molecule has 7 heteroatoms. The van der Waals surface area contributed by atoms with Crippen LogP contribution < -0.4 is 10.6 Å². The fourth-order valence-electron chi connectivity index (χ4n) is 1.19. The number of carbonyl (C=O) groups is 2. The Morgan fingerprint density at radius 3 is 2.47 bits per heavy atom. The molecule has 0 spiro atoms. The van der Waals surface area contributed by atoms with E-state index in [1.165, 1.54) is 6.07 Å². The number of rotatable bonds is 6. The van der Waals surface area contributed by atoms with Crippen molar-refractivity contribution in [2.75, 3.05) is 18.4 Å². The normalized spacial score (nSPS) is 10.9. The average molecular weight is 266 g/mol. The highest BCUT2D eigenvalue weighted by Gasteiger charge is 2.26. The Kier molecular flexibility index (Phi) is 4.80. The lowest BCUT2D eigenvalue weighted by molar-refractivity contribution is -0.146. The first-order valence-corrected chi connectivity index (χ1v) is 5.96. The number of nitrogens with one attached hydrogen (secondary N) is 2. The molecule has 0 unspecified atom stereocenters. The van der Waals surface area contributed by atoms with Gasteiger partial charge in [-0.05, 0) is 32.9 Å². The van der Waals surface area contributed by atoms with Gasteiger partial charge in [-0.2, -0.15) is 0 Å². The van der Waals surface area contributed by atoms with Crippen molar-refractivity contribution in [1.82, 2.24) is 15.5 Å². The van der Waals surface area contributed by atoms with E-state index in [1.807, 2.05) is 6.92 Å². The average Bonchev–Trinajstić information content (AvgIpc) is 2.37. The predicted octanol–water partition coefficient (Wildman–Crippen LogP) is 0.749. The first-order valence-electron chi connectivity index (χ1n) is 5.96. The molecule has 19 heavy (non-hydrogen) atoms. The molecule has 0 saturated heterocycles. The molecule has 7 nitrogen and oxygen atoms in total. The van der Waals surface area contributed by atoms with Crippen molar-refractivity contribution in [3.63, 3.8) is 0 Å². The number of nitrogens with zero attached hydrogens (tertiary/aromatic N) is 2. The molecule has 0 fully saturated rings. The smallest absolute Gasteiger partial charge is 0.310 e. The van der Waals surface area contributed by atoms with Crippen molar-refractivity contribution >= 4 is 17.7 Å². The molecule has 0 aliphatic heterocycles. The summed E-state index contributed by atoms with van der Waals surface area (Å²) in [6.45, 7) is 5.78. The van der Waals surface area contributed by atoms with Crippen molar-refractivity contribution in [2.45, 2.75) is 20.8 Å². The molecule has 0 saturated carbocycles. The lowest BCUT2D eigenvalue weighted by atomic mass is 9.94. The summed E-state index contributed by atoms with van der Waals surface area (Å²) in [6, 6.07) is 3.13. The maximum atomic E-state index is 11.5. The van der Waals surface area contributed by atoms with Crippen LogP contribution in [0.4, 0.5) is 5.82 Å². The molecule has 104 valence electrons. The summed E-state index contributed by atoms with van der Waals surface area (Å²) >= 11 is 0. The number of anilines is 1. The van der Waals surface area contributed by atoms with Crippen LogP contribution in [-0.2, 0) is 4.79 Å². The lowest BCUT2D eigenvalue weighted by Gasteiger charge is -2.19. The van der Waals surface area contributed by atoms with E-state index in [4.69, 9.17) is 5.11 Å². The van der Waals surface area contributed by atoms with E-state index in [0.717, 1.165) is 0 Å². The third kappa shape index (κ3) is 4.20. The molecule has 3 N–H and O–H groups in total. The molecule has 1 aromatic heterocycles. The van der Waals surface area contributed by atoms with Crippen molar-refractivity contribution < 1.29 is 14.7 Å². The van der Waals surface area contributed by atoms with Crippen molar-refractivity contribution in [1.29, 1.82) is 0 Å². The predicted molar refractivity (Wildman–Crippen MR) is 69.9 cm³/mol. The van der Waals surface area contributed by atoms with Gasteiger partial charge in [0.1, 0.15) is 5.82 Å². The van der Waals surface area contributed by atoms with E-state index in [1.54, 1.807) is 19.9 Å². The number of hydrogen-bond acceptors (Lipinski definition) is 5. The summed E-state index contributed by atoms with van der Waals surface area (Å²) in [7, 11) is 0. The van der Waals surface area contributed by atoms with Crippen LogP contribution in [0.15, 0.2) is 12.1 Å². The molecule has 0 atom stereocenters. The van der Waals surface area contributed by atoms with Gasteiger partial charge in [0, 0.05) is 13.1 Å². The molecular formula is C12H18N4O3. The van der Waals surface area contributed by atoms with Crippen LogP contribution >= 0.6 is 0 Å². The van der Waals surface area contributed by atoms with Crippen LogP contribution in [-0.4, -0.2) is 40.3 Å². The standard InChI is InChI=1S/C12H18N4O3/c1-4-13-10(17)8-5-6-9(16-15-8)14-7-12(2,3)11(18)19/h5-6H,4,7H2,1-3H3,(H,13,17)(H,14,16)(H,18,19). The number of carbonyl (C=O) groups excluding carboxylic acids is 1. The zero-order valence-electron chi connectivity index (χ0n) is 11.2. The lowest BCUT2D eigenvalue weighted by Crippen LogP contribution is -2.32. The third-order valence-corrected chi connectivity index (χ3v) is 2.52. The van der Waals surface area contributed by atoms with Gasteiger partial charge in [0.15, 0.2) is 5.69 Å². The zero-order chi connectivity index (χ0) is 14.5. The van der Waals surface area contributed by atoms with Gasteiger partial charge < -0.3 is 15.7 Å². The number of carboxylic acid groups (broad SMARTS) is 1. The number of carboxylic acids is 1. The minimum absolute atomic E-state index is 0.220. The van der Waals surface area contributed by atoms with Gasteiger partial charge in [-0.25, -0.2) is 0 Å². The van der Waals surface area contributed by atoms with Gasteiger partial charge in [0.25, 0.3) is 5.91 Å². The minimum Gasteiger partial charge on any atom is -0.481 e. The molecular weight excluding hydrogens is 248 g/mol. The fourth-order valence-corrected chi connectivity index (χ4v) is 1.19. The Hall–Kier alpha value is -2.18. The summed E-state index contributed by atoms with van der Waals surface area (Å²) in [5.41, 5.74) is -0.676. The Labute approximate surface area is 111 Å². The number of aromatic nitrogens is 2. The van der Waals surface area contributed by atoms with E-state index in [9.17, 15) is 9.59 Å². The van der Waals surface area contributed by atoms with Gasteiger partial charge in [-0.1, -0.05) is 0 Å². The van der Waals surface area contributed by atoms with E-state index in [-0.39, 0.29) is 18.1 Å². The SMILES string of the molecule is CCNC(=O)c1ccc(NCC(C)(C)C(=O)O)nn1. The Balaban J connectivity index is 2.63. The first kappa shape index (κ1) is 14.9. The second kappa shape index (κ2) is 6.12. The van der Waals surface area contributed by atoms with Crippen molar-refractivity contribution in [2.24, 2.45) is 5.41 Å². The van der Waals surface area contributed by atoms with Crippen LogP contribution in [0, 0.1) is 5.41 Å². The van der Waals surface area contributed by atoms with Gasteiger partial charge in [0.05, 0.1) is 5.41 Å². The van der Waals surface area contributed by atoms with Gasteiger partial charge in [0.2, 0.25) is 0 Å². The maximum Gasteiger partial charge on any atom is 0.310 e. The number of amides is 1. The summed E-state index contributed by atoms with van der Waals surface area (Å²) in [5, 5.41) is 22.1. The van der Waals surface area contributed by atoms with Gasteiger partial charge >= 0.3 is 5.97 Å². The zero-order valence-corrected chi connectivity index (χ0v) is 11.2. The summed E-state index contributed by atoms with van der Waals surface area (Å²) in [6.07, 6.45) is 0. The van der Waals surface area contributed by atoms with Crippen LogP contribution in [0.5, 0.6) is 0 Å². The van der Waals surface area contributed by atoms with Crippen LogP contribution in [0.1, 0.15) is 31.3 Å². The molecule has 1 aromatic rings. The Morgan fingerprint density at radius 1 is 1.32 bits per heavy atom. The molecule has 0 radical (unpaired) electrons. The highest BCUT2D eigenvalue weighted by Crippen LogP contribution is 2.15.